The molecule has 2 saturated heterocycles. The lowest BCUT2D eigenvalue weighted by Gasteiger charge is -2.58. The number of carbonyl (C=O) groups excluding carboxylic acids is 2. The van der Waals surface area contributed by atoms with Crippen LogP contribution in [-0.4, -0.2) is 47.9 Å². The number of esters is 1. The van der Waals surface area contributed by atoms with E-state index in [1.165, 1.54) is 0 Å². The molecule has 0 saturated carbocycles. The zero-order chi connectivity index (χ0) is 17.3. The molecule has 0 radical (unpaired) electrons. The summed E-state index contributed by atoms with van der Waals surface area (Å²) in [5.41, 5.74) is -0.587. The van der Waals surface area contributed by atoms with Gasteiger partial charge in [-0.25, -0.2) is 4.79 Å². The fourth-order valence-electron chi connectivity index (χ4n) is 3.53. The number of hydrogen-bond donors (Lipinski definition) is 0. The third-order valence-corrected chi connectivity index (χ3v) is 4.64. The van der Waals surface area contributed by atoms with Crippen LogP contribution in [0.15, 0.2) is 30.3 Å². The maximum absolute atomic E-state index is 12.4. The smallest absolute Gasteiger partial charge is 0.344 e. The van der Waals surface area contributed by atoms with E-state index in [-0.39, 0.29) is 24.5 Å². The Bertz CT molecular complexity index is 615. The van der Waals surface area contributed by atoms with E-state index in [9.17, 15) is 9.59 Å². The van der Waals surface area contributed by atoms with Gasteiger partial charge in [-0.15, -0.1) is 0 Å². The van der Waals surface area contributed by atoms with E-state index in [0.29, 0.717) is 12.4 Å². The van der Waals surface area contributed by atoms with E-state index in [0.717, 1.165) is 6.42 Å². The first-order chi connectivity index (χ1) is 11.4. The molecule has 0 spiro atoms. The van der Waals surface area contributed by atoms with Crippen molar-refractivity contribution in [2.45, 2.75) is 45.1 Å². The Morgan fingerprint density at radius 3 is 2.79 bits per heavy atom. The van der Waals surface area contributed by atoms with E-state index in [4.69, 9.17) is 14.2 Å². The third kappa shape index (κ3) is 3.11. The molecule has 0 aromatic heterocycles. The van der Waals surface area contributed by atoms with E-state index in [2.05, 4.69) is 0 Å². The maximum atomic E-state index is 12.4. The van der Waals surface area contributed by atoms with Gasteiger partial charge in [-0.3, -0.25) is 4.79 Å². The van der Waals surface area contributed by atoms with Crippen molar-refractivity contribution >= 4 is 11.9 Å². The molecule has 0 N–H and O–H groups in total. The molecule has 3 unspecified atom stereocenters. The Morgan fingerprint density at radius 2 is 2.08 bits per heavy atom. The standard InChI is InChI=1S/C18H23NO5/c1-12(24-15(20)11-22-13-7-5-4-6-8-13)16-14-9-10-23-18(2,3)19(14)17(16)21/h4-8,12,14,16H,9-11H2,1-3H3. The quantitative estimate of drug-likeness (QED) is 0.609. The van der Waals surface area contributed by atoms with Crippen LogP contribution in [0.2, 0.25) is 0 Å². The van der Waals surface area contributed by atoms with Crippen LogP contribution in [0.4, 0.5) is 0 Å². The molecule has 6 nitrogen and oxygen atoms in total. The second-order valence-corrected chi connectivity index (χ2v) is 6.68. The molecule has 3 rings (SSSR count). The summed E-state index contributed by atoms with van der Waals surface area (Å²) in [5, 5.41) is 0. The number of nitrogens with zero attached hydrogens (tertiary/aromatic N) is 1. The zero-order valence-corrected chi connectivity index (χ0v) is 14.2. The summed E-state index contributed by atoms with van der Waals surface area (Å²) in [6.07, 6.45) is 0.293. The van der Waals surface area contributed by atoms with Gasteiger partial charge in [0.1, 0.15) is 17.6 Å². The second-order valence-electron chi connectivity index (χ2n) is 6.68. The van der Waals surface area contributed by atoms with Crippen LogP contribution < -0.4 is 4.74 Å². The SMILES string of the molecule is CC(OC(=O)COc1ccccc1)C1C(=O)N2C1CCOC2(C)C. The van der Waals surface area contributed by atoms with Crippen molar-refractivity contribution in [3.8, 4) is 5.75 Å². The van der Waals surface area contributed by atoms with Gasteiger partial charge in [-0.1, -0.05) is 18.2 Å². The first kappa shape index (κ1) is 16.8. The van der Waals surface area contributed by atoms with Crippen LogP contribution in [0.3, 0.4) is 0 Å². The first-order valence-electron chi connectivity index (χ1n) is 8.24. The summed E-state index contributed by atoms with van der Waals surface area (Å²) in [6, 6.07) is 9.15. The highest BCUT2D eigenvalue weighted by Gasteiger charge is 2.58. The topological polar surface area (TPSA) is 65.1 Å². The Labute approximate surface area is 141 Å². The van der Waals surface area contributed by atoms with Gasteiger partial charge in [0.15, 0.2) is 6.61 Å². The van der Waals surface area contributed by atoms with Crippen molar-refractivity contribution in [2.24, 2.45) is 5.92 Å². The van der Waals surface area contributed by atoms with Gasteiger partial charge in [0, 0.05) is 0 Å². The fraction of sp³-hybridized carbons (Fsp3) is 0.556. The van der Waals surface area contributed by atoms with Gasteiger partial charge in [0.2, 0.25) is 5.91 Å². The van der Waals surface area contributed by atoms with Crippen LogP contribution in [0, 0.1) is 5.92 Å². The number of amides is 1. The molecule has 1 amide bonds. The molecule has 1 aromatic carbocycles. The number of carbonyl (C=O) groups is 2. The predicted octanol–water partition coefficient (Wildman–Crippen LogP) is 1.98. The van der Waals surface area contributed by atoms with Gasteiger partial charge in [0.05, 0.1) is 18.6 Å². The van der Waals surface area contributed by atoms with Gasteiger partial charge >= 0.3 is 5.97 Å². The van der Waals surface area contributed by atoms with E-state index in [1.54, 1.807) is 24.0 Å². The van der Waals surface area contributed by atoms with E-state index >= 15 is 0 Å². The molecule has 2 aliphatic rings. The van der Waals surface area contributed by atoms with Crippen LogP contribution in [0.25, 0.3) is 0 Å². The average Bonchev–Trinajstić information content (AvgIpc) is 2.52. The Kier molecular flexibility index (Phi) is 4.49. The predicted molar refractivity (Wildman–Crippen MR) is 86.3 cm³/mol. The number of β-lactam (4-membered cyclic amide) rings is 1. The first-order valence-corrected chi connectivity index (χ1v) is 8.24. The molecule has 1 aromatic rings. The van der Waals surface area contributed by atoms with Crippen LogP contribution >= 0.6 is 0 Å². The lowest BCUT2D eigenvalue weighted by atomic mass is 9.78. The van der Waals surface area contributed by atoms with Gasteiger partial charge < -0.3 is 19.1 Å². The summed E-state index contributed by atoms with van der Waals surface area (Å²) < 4.78 is 16.4. The molecule has 6 heteroatoms. The minimum absolute atomic E-state index is 0.0195. The highest BCUT2D eigenvalue weighted by molar-refractivity contribution is 5.87. The van der Waals surface area contributed by atoms with Crippen molar-refractivity contribution in [2.75, 3.05) is 13.2 Å². The molecule has 130 valence electrons. The van der Waals surface area contributed by atoms with Crippen LogP contribution in [0.1, 0.15) is 27.2 Å². The van der Waals surface area contributed by atoms with Crippen LogP contribution in [0.5, 0.6) is 5.75 Å². The summed E-state index contributed by atoms with van der Waals surface area (Å²) in [4.78, 5) is 26.2. The Morgan fingerprint density at radius 1 is 1.38 bits per heavy atom. The summed E-state index contributed by atoms with van der Waals surface area (Å²) in [7, 11) is 0. The molecule has 24 heavy (non-hydrogen) atoms. The minimum Gasteiger partial charge on any atom is -0.482 e. The summed E-state index contributed by atoms with van der Waals surface area (Å²) in [5.74, 6) is -0.175. The Hall–Kier alpha value is -2.08. The number of benzene rings is 1. The number of fused-ring (bicyclic) bond motifs is 1. The van der Waals surface area contributed by atoms with Crippen molar-refractivity contribution in [1.29, 1.82) is 0 Å². The zero-order valence-electron chi connectivity index (χ0n) is 14.2. The number of para-hydroxylation sites is 1. The summed E-state index contributed by atoms with van der Waals surface area (Å²) in [6.45, 7) is 5.98. The molecular formula is C18H23NO5. The van der Waals surface area contributed by atoms with E-state index < -0.39 is 17.8 Å². The largest absolute Gasteiger partial charge is 0.482 e. The second kappa shape index (κ2) is 6.43. The van der Waals surface area contributed by atoms with Crippen molar-refractivity contribution in [3.05, 3.63) is 30.3 Å². The van der Waals surface area contributed by atoms with Crippen LogP contribution in [-0.2, 0) is 19.1 Å². The third-order valence-electron chi connectivity index (χ3n) is 4.64. The lowest BCUT2D eigenvalue weighted by molar-refractivity contribution is -0.241. The highest BCUT2D eigenvalue weighted by atomic mass is 16.6. The normalized spacial score (nSPS) is 26.1. The monoisotopic (exact) mass is 333 g/mol. The number of hydrogen-bond acceptors (Lipinski definition) is 5. The van der Waals surface area contributed by atoms with Gasteiger partial charge in [0.25, 0.3) is 0 Å². The van der Waals surface area contributed by atoms with E-state index in [1.807, 2.05) is 32.0 Å². The fourth-order valence-corrected chi connectivity index (χ4v) is 3.53. The molecule has 0 bridgehead atoms. The van der Waals surface area contributed by atoms with Crippen molar-refractivity contribution in [3.63, 3.8) is 0 Å². The maximum Gasteiger partial charge on any atom is 0.344 e. The van der Waals surface area contributed by atoms with Gasteiger partial charge in [-0.2, -0.15) is 0 Å². The molecule has 2 fully saturated rings. The molecule has 0 aliphatic carbocycles. The van der Waals surface area contributed by atoms with Crippen molar-refractivity contribution < 1.29 is 23.8 Å². The highest BCUT2D eigenvalue weighted by Crippen LogP contribution is 2.42. The average molecular weight is 333 g/mol. The molecule has 2 aliphatic heterocycles. The molecule has 3 atom stereocenters. The number of rotatable bonds is 5. The Balaban J connectivity index is 1.53. The lowest BCUT2D eigenvalue weighted by Crippen LogP contribution is -2.73. The van der Waals surface area contributed by atoms with Gasteiger partial charge in [-0.05, 0) is 39.3 Å². The van der Waals surface area contributed by atoms with Crippen molar-refractivity contribution in [1.82, 2.24) is 4.90 Å². The molecule has 2 heterocycles. The molecular weight excluding hydrogens is 310 g/mol. The minimum atomic E-state index is -0.587. The number of ether oxygens (including phenoxy) is 3. The summed E-state index contributed by atoms with van der Waals surface area (Å²) >= 11 is 0.